The van der Waals surface area contributed by atoms with E-state index in [1.165, 1.54) is 12.1 Å². The largest absolute Gasteiger partial charge is 0.347 e. The maximum absolute atomic E-state index is 13.5. The molecule has 2 aliphatic heterocycles. The Morgan fingerprint density at radius 1 is 1.18 bits per heavy atom. The SMILES string of the molecule is O=C1CCN(Cc2cccc(F)c2)CC2(CCN(C(=O)c3ccccn3)C2)N1. The average Bonchev–Trinajstić information content (AvgIpc) is 3.02. The van der Waals surface area contributed by atoms with Crippen LogP contribution in [0.2, 0.25) is 0 Å². The summed E-state index contributed by atoms with van der Waals surface area (Å²) in [4.78, 5) is 33.1. The molecule has 2 saturated heterocycles. The van der Waals surface area contributed by atoms with E-state index in [4.69, 9.17) is 0 Å². The summed E-state index contributed by atoms with van der Waals surface area (Å²) in [7, 11) is 0. The summed E-state index contributed by atoms with van der Waals surface area (Å²) in [5.41, 5.74) is 0.811. The first kappa shape index (κ1) is 18.6. The lowest BCUT2D eigenvalue weighted by Crippen LogP contribution is -2.55. The molecule has 1 atom stereocenters. The molecule has 1 N–H and O–H groups in total. The van der Waals surface area contributed by atoms with E-state index in [0.29, 0.717) is 51.3 Å². The molecule has 2 amide bonds. The van der Waals surface area contributed by atoms with Crippen molar-refractivity contribution in [2.75, 3.05) is 26.2 Å². The van der Waals surface area contributed by atoms with Gasteiger partial charge in [-0.2, -0.15) is 0 Å². The third-order valence-corrected chi connectivity index (χ3v) is 5.41. The molecule has 146 valence electrons. The average molecular weight is 382 g/mol. The molecule has 0 radical (unpaired) electrons. The third kappa shape index (κ3) is 4.04. The number of carbonyl (C=O) groups is 2. The molecule has 1 aromatic heterocycles. The van der Waals surface area contributed by atoms with Gasteiger partial charge in [0.25, 0.3) is 5.91 Å². The first-order valence-electron chi connectivity index (χ1n) is 9.51. The molecular weight excluding hydrogens is 359 g/mol. The van der Waals surface area contributed by atoms with E-state index < -0.39 is 5.54 Å². The quantitative estimate of drug-likeness (QED) is 0.880. The fraction of sp³-hybridized carbons (Fsp3) is 0.381. The molecule has 1 spiro atoms. The molecule has 1 unspecified atom stereocenters. The first-order valence-corrected chi connectivity index (χ1v) is 9.51. The van der Waals surface area contributed by atoms with E-state index in [9.17, 15) is 14.0 Å². The number of nitrogens with zero attached hydrogens (tertiary/aromatic N) is 3. The van der Waals surface area contributed by atoms with Crippen molar-refractivity contribution in [1.29, 1.82) is 0 Å². The Bertz CT molecular complexity index is 876. The predicted octanol–water partition coefficient (Wildman–Crippen LogP) is 1.83. The fourth-order valence-electron chi connectivity index (χ4n) is 4.12. The van der Waals surface area contributed by atoms with Crippen LogP contribution in [0.5, 0.6) is 0 Å². The maximum Gasteiger partial charge on any atom is 0.272 e. The van der Waals surface area contributed by atoms with Crippen LogP contribution in [0.15, 0.2) is 48.7 Å². The van der Waals surface area contributed by atoms with Gasteiger partial charge in [-0.05, 0) is 36.2 Å². The normalized spacial score (nSPS) is 22.9. The minimum Gasteiger partial charge on any atom is -0.347 e. The van der Waals surface area contributed by atoms with Crippen LogP contribution in [0.1, 0.15) is 28.9 Å². The number of carbonyl (C=O) groups excluding carboxylic acids is 2. The van der Waals surface area contributed by atoms with E-state index >= 15 is 0 Å². The molecule has 4 rings (SSSR count). The summed E-state index contributed by atoms with van der Waals surface area (Å²) in [6.45, 7) is 2.83. The lowest BCUT2D eigenvalue weighted by molar-refractivity contribution is -0.122. The first-order chi connectivity index (χ1) is 13.5. The second kappa shape index (κ2) is 7.67. The maximum atomic E-state index is 13.5. The zero-order chi connectivity index (χ0) is 19.6. The third-order valence-electron chi connectivity index (χ3n) is 5.41. The van der Waals surface area contributed by atoms with Gasteiger partial charge in [0.1, 0.15) is 11.5 Å². The van der Waals surface area contributed by atoms with Crippen molar-refractivity contribution in [3.8, 4) is 0 Å². The minimum absolute atomic E-state index is 0.00567. The molecule has 2 aliphatic rings. The second-order valence-electron chi connectivity index (χ2n) is 7.61. The highest BCUT2D eigenvalue weighted by Crippen LogP contribution is 2.27. The zero-order valence-electron chi connectivity index (χ0n) is 15.6. The van der Waals surface area contributed by atoms with Crippen LogP contribution in [-0.2, 0) is 11.3 Å². The molecule has 6 nitrogen and oxygen atoms in total. The molecule has 0 saturated carbocycles. The van der Waals surface area contributed by atoms with E-state index in [2.05, 4.69) is 15.2 Å². The van der Waals surface area contributed by atoms with Gasteiger partial charge in [0.2, 0.25) is 5.91 Å². The van der Waals surface area contributed by atoms with Gasteiger partial charge in [-0.15, -0.1) is 0 Å². The number of halogens is 1. The van der Waals surface area contributed by atoms with Crippen molar-refractivity contribution in [1.82, 2.24) is 20.1 Å². The van der Waals surface area contributed by atoms with Gasteiger partial charge in [-0.3, -0.25) is 19.5 Å². The van der Waals surface area contributed by atoms with Crippen molar-refractivity contribution in [3.63, 3.8) is 0 Å². The smallest absolute Gasteiger partial charge is 0.272 e. The monoisotopic (exact) mass is 382 g/mol. The summed E-state index contributed by atoms with van der Waals surface area (Å²) >= 11 is 0. The Morgan fingerprint density at radius 2 is 2.07 bits per heavy atom. The van der Waals surface area contributed by atoms with Crippen LogP contribution < -0.4 is 5.32 Å². The standard InChI is InChI=1S/C21H23FN4O2/c22-17-5-3-4-16(12-17)13-25-10-7-19(27)24-21(14-25)8-11-26(15-21)20(28)18-6-1-2-9-23-18/h1-6,9,12H,7-8,10-11,13-15H2,(H,24,27). The summed E-state index contributed by atoms with van der Waals surface area (Å²) < 4.78 is 13.5. The van der Waals surface area contributed by atoms with Crippen molar-refractivity contribution in [3.05, 3.63) is 65.7 Å². The summed E-state index contributed by atoms with van der Waals surface area (Å²) in [6.07, 6.45) is 2.69. The summed E-state index contributed by atoms with van der Waals surface area (Å²) in [5, 5.41) is 3.15. The highest BCUT2D eigenvalue weighted by Gasteiger charge is 2.44. The molecule has 28 heavy (non-hydrogen) atoms. The molecule has 3 heterocycles. The van der Waals surface area contributed by atoms with Gasteiger partial charge in [0, 0.05) is 45.3 Å². The Morgan fingerprint density at radius 3 is 2.86 bits per heavy atom. The van der Waals surface area contributed by atoms with Gasteiger partial charge in [0.15, 0.2) is 0 Å². The lowest BCUT2D eigenvalue weighted by atomic mass is 9.97. The van der Waals surface area contributed by atoms with Crippen LogP contribution >= 0.6 is 0 Å². The van der Waals surface area contributed by atoms with Crippen molar-refractivity contribution in [2.45, 2.75) is 24.9 Å². The minimum atomic E-state index is -0.481. The highest BCUT2D eigenvalue weighted by molar-refractivity contribution is 5.92. The molecule has 0 aliphatic carbocycles. The van der Waals surface area contributed by atoms with Gasteiger partial charge < -0.3 is 10.2 Å². The summed E-state index contributed by atoms with van der Waals surface area (Å²) in [6, 6.07) is 11.8. The predicted molar refractivity (Wildman–Crippen MR) is 102 cm³/mol. The van der Waals surface area contributed by atoms with E-state index in [1.807, 2.05) is 6.07 Å². The van der Waals surface area contributed by atoms with Crippen LogP contribution in [0, 0.1) is 5.82 Å². The number of hydrogen-bond acceptors (Lipinski definition) is 4. The van der Waals surface area contributed by atoms with E-state index in [0.717, 1.165) is 5.56 Å². The van der Waals surface area contributed by atoms with Gasteiger partial charge in [-0.1, -0.05) is 18.2 Å². The van der Waals surface area contributed by atoms with Gasteiger partial charge >= 0.3 is 0 Å². The molecule has 2 aromatic rings. The Labute approximate surface area is 163 Å². The Kier molecular flexibility index (Phi) is 5.09. The number of nitrogens with one attached hydrogen (secondary N) is 1. The Balaban J connectivity index is 1.49. The number of hydrogen-bond donors (Lipinski definition) is 1. The van der Waals surface area contributed by atoms with Crippen LogP contribution in [-0.4, -0.2) is 58.3 Å². The van der Waals surface area contributed by atoms with E-state index in [-0.39, 0.29) is 17.6 Å². The van der Waals surface area contributed by atoms with E-state index in [1.54, 1.807) is 35.4 Å². The highest BCUT2D eigenvalue weighted by atomic mass is 19.1. The Hall–Kier alpha value is -2.80. The number of aromatic nitrogens is 1. The second-order valence-corrected chi connectivity index (χ2v) is 7.61. The number of rotatable bonds is 3. The topological polar surface area (TPSA) is 65.5 Å². The molecule has 7 heteroatoms. The number of likely N-dealkylation sites (tertiary alicyclic amines) is 1. The molecule has 1 aromatic carbocycles. The van der Waals surface area contributed by atoms with Gasteiger partial charge in [0.05, 0.1) is 5.54 Å². The fourth-order valence-corrected chi connectivity index (χ4v) is 4.12. The number of benzene rings is 1. The number of amides is 2. The van der Waals surface area contributed by atoms with Crippen LogP contribution in [0.3, 0.4) is 0 Å². The van der Waals surface area contributed by atoms with Crippen LogP contribution in [0.25, 0.3) is 0 Å². The lowest BCUT2D eigenvalue weighted by Gasteiger charge is -2.33. The molecule has 0 bridgehead atoms. The van der Waals surface area contributed by atoms with Crippen molar-refractivity contribution < 1.29 is 14.0 Å². The zero-order valence-corrected chi connectivity index (χ0v) is 15.6. The van der Waals surface area contributed by atoms with Crippen molar-refractivity contribution >= 4 is 11.8 Å². The number of pyridine rings is 1. The van der Waals surface area contributed by atoms with Crippen molar-refractivity contribution in [2.24, 2.45) is 0 Å². The molecule has 2 fully saturated rings. The molecular formula is C21H23FN4O2. The summed E-state index contributed by atoms with van der Waals surface area (Å²) in [5.74, 6) is -0.384. The van der Waals surface area contributed by atoms with Gasteiger partial charge in [-0.25, -0.2) is 4.39 Å². The van der Waals surface area contributed by atoms with Crippen LogP contribution in [0.4, 0.5) is 4.39 Å².